The Balaban J connectivity index is 2.12. The summed E-state index contributed by atoms with van der Waals surface area (Å²) in [6.45, 7) is 0.351. The number of hydrogen-bond acceptors (Lipinski definition) is 7. The van der Waals surface area contributed by atoms with Gasteiger partial charge in [0.2, 0.25) is 10.0 Å². The number of carbonyl (C=O) groups excluding carboxylic acids is 1. The number of methoxy groups -OCH3 is 1. The first-order chi connectivity index (χ1) is 12.3. The molecule has 2 rings (SSSR count). The fourth-order valence-electron chi connectivity index (χ4n) is 2.03. The third-order valence-corrected chi connectivity index (χ3v) is 4.50. The molecule has 0 fully saturated rings. The van der Waals surface area contributed by atoms with Crippen LogP contribution in [0.2, 0.25) is 0 Å². The van der Waals surface area contributed by atoms with Crippen LogP contribution in [0.4, 0.5) is 0 Å². The first-order valence-corrected chi connectivity index (χ1v) is 9.11. The molecular formula is C16H16N4O5S. The smallest absolute Gasteiger partial charge is 0.285 e. The Hall–Kier alpha value is -3.03. The van der Waals surface area contributed by atoms with E-state index in [0.29, 0.717) is 11.1 Å². The van der Waals surface area contributed by atoms with E-state index in [1.807, 2.05) is 10.8 Å². The number of benzene rings is 1. The summed E-state index contributed by atoms with van der Waals surface area (Å²) >= 11 is 0. The maximum atomic E-state index is 12.1. The highest BCUT2D eigenvalue weighted by molar-refractivity contribution is 7.89. The van der Waals surface area contributed by atoms with E-state index in [4.69, 9.17) is 10.00 Å². The van der Waals surface area contributed by atoms with Crippen molar-refractivity contribution in [3.63, 3.8) is 0 Å². The standard InChI is InChI=1S/C16H16N4O5S/c1-25-9-8-20-15(21)7-6-14(18-20)16(22)19-26(23,24)11-13-4-2-12(10-17)3-5-13/h2-7H,8-9,11H2,1H3,(H,19,22). The van der Waals surface area contributed by atoms with Crippen LogP contribution >= 0.6 is 0 Å². The molecule has 0 atom stereocenters. The average molecular weight is 376 g/mol. The van der Waals surface area contributed by atoms with E-state index in [1.165, 1.54) is 31.4 Å². The average Bonchev–Trinajstić information content (AvgIpc) is 2.60. The Morgan fingerprint density at radius 1 is 1.27 bits per heavy atom. The highest BCUT2D eigenvalue weighted by Gasteiger charge is 2.18. The predicted molar refractivity (Wildman–Crippen MR) is 91.6 cm³/mol. The van der Waals surface area contributed by atoms with E-state index in [1.54, 1.807) is 0 Å². The van der Waals surface area contributed by atoms with Crippen LogP contribution in [-0.4, -0.2) is 37.8 Å². The number of rotatable bonds is 7. The first kappa shape index (κ1) is 19.3. The van der Waals surface area contributed by atoms with E-state index >= 15 is 0 Å². The molecule has 1 aromatic carbocycles. The van der Waals surface area contributed by atoms with Crippen LogP contribution in [-0.2, 0) is 27.1 Å². The third-order valence-electron chi connectivity index (χ3n) is 3.29. The molecule has 0 bridgehead atoms. The number of sulfonamides is 1. The highest BCUT2D eigenvalue weighted by Crippen LogP contribution is 2.07. The SMILES string of the molecule is COCCn1nc(C(=O)NS(=O)(=O)Cc2ccc(C#N)cc2)ccc1=O. The Bertz CT molecular complexity index is 991. The molecule has 0 unspecified atom stereocenters. The van der Waals surface area contributed by atoms with Gasteiger partial charge in [-0.25, -0.2) is 17.8 Å². The monoisotopic (exact) mass is 376 g/mol. The number of amides is 1. The molecule has 0 saturated heterocycles. The van der Waals surface area contributed by atoms with Gasteiger partial charge in [0.15, 0.2) is 0 Å². The van der Waals surface area contributed by atoms with Crippen LogP contribution in [0.5, 0.6) is 0 Å². The van der Waals surface area contributed by atoms with E-state index < -0.39 is 27.2 Å². The Labute approximate surface area is 149 Å². The Morgan fingerprint density at radius 3 is 2.58 bits per heavy atom. The molecule has 1 N–H and O–H groups in total. The topological polar surface area (TPSA) is 131 Å². The summed E-state index contributed by atoms with van der Waals surface area (Å²) in [5.41, 5.74) is 0.183. The summed E-state index contributed by atoms with van der Waals surface area (Å²) in [5, 5.41) is 12.6. The van der Waals surface area contributed by atoms with Crippen LogP contribution in [0.1, 0.15) is 21.6 Å². The van der Waals surface area contributed by atoms with Crippen molar-refractivity contribution in [2.75, 3.05) is 13.7 Å². The quantitative estimate of drug-likeness (QED) is 0.720. The lowest BCUT2D eigenvalue weighted by Crippen LogP contribution is -2.34. The highest BCUT2D eigenvalue weighted by atomic mass is 32.2. The zero-order valence-electron chi connectivity index (χ0n) is 13.9. The summed E-state index contributed by atoms with van der Waals surface area (Å²) in [4.78, 5) is 23.8. The van der Waals surface area contributed by atoms with Gasteiger partial charge in [-0.3, -0.25) is 9.59 Å². The van der Waals surface area contributed by atoms with Crippen molar-refractivity contribution in [2.45, 2.75) is 12.3 Å². The molecule has 0 aliphatic carbocycles. The van der Waals surface area contributed by atoms with Gasteiger partial charge in [0.05, 0.1) is 30.5 Å². The molecule has 0 aliphatic heterocycles. The van der Waals surface area contributed by atoms with Crippen molar-refractivity contribution in [1.29, 1.82) is 5.26 Å². The number of nitrogens with one attached hydrogen (secondary N) is 1. The minimum Gasteiger partial charge on any atom is -0.383 e. The van der Waals surface area contributed by atoms with Gasteiger partial charge in [-0.2, -0.15) is 10.4 Å². The molecule has 0 saturated carbocycles. The van der Waals surface area contributed by atoms with Gasteiger partial charge in [0.25, 0.3) is 11.5 Å². The van der Waals surface area contributed by atoms with E-state index in [2.05, 4.69) is 5.10 Å². The van der Waals surface area contributed by atoms with Crippen molar-refractivity contribution < 1.29 is 17.9 Å². The van der Waals surface area contributed by atoms with Crippen molar-refractivity contribution >= 4 is 15.9 Å². The molecule has 10 heteroatoms. The second kappa shape index (κ2) is 8.37. The molecule has 9 nitrogen and oxygen atoms in total. The zero-order chi connectivity index (χ0) is 19.2. The summed E-state index contributed by atoms with van der Waals surface area (Å²) in [5.74, 6) is -1.38. The van der Waals surface area contributed by atoms with Crippen molar-refractivity contribution in [3.8, 4) is 6.07 Å². The molecular weight excluding hydrogens is 360 g/mol. The number of carbonyl (C=O) groups is 1. The van der Waals surface area contributed by atoms with Crippen molar-refractivity contribution in [3.05, 3.63) is 63.6 Å². The number of ether oxygens (including phenoxy) is 1. The van der Waals surface area contributed by atoms with Crippen LogP contribution in [0.3, 0.4) is 0 Å². The zero-order valence-corrected chi connectivity index (χ0v) is 14.7. The number of hydrogen-bond donors (Lipinski definition) is 1. The van der Waals surface area contributed by atoms with Gasteiger partial charge in [0, 0.05) is 13.2 Å². The van der Waals surface area contributed by atoms with Gasteiger partial charge in [-0.1, -0.05) is 12.1 Å². The minimum absolute atomic E-state index is 0.133. The second-order valence-corrected chi connectivity index (χ2v) is 6.99. The minimum atomic E-state index is -3.98. The lowest BCUT2D eigenvalue weighted by molar-refractivity contribution is 0.0973. The number of aromatic nitrogens is 2. The van der Waals surface area contributed by atoms with Crippen molar-refractivity contribution in [1.82, 2.24) is 14.5 Å². The summed E-state index contributed by atoms with van der Waals surface area (Å²) < 4.78 is 32.1. The predicted octanol–water partition coefficient (Wildman–Crippen LogP) is 0.0212. The van der Waals surface area contributed by atoms with Crippen LogP contribution < -0.4 is 10.3 Å². The van der Waals surface area contributed by atoms with Crippen LogP contribution in [0.15, 0.2) is 41.2 Å². The molecule has 0 radical (unpaired) electrons. The molecule has 136 valence electrons. The van der Waals surface area contributed by atoms with E-state index in [-0.39, 0.29) is 18.8 Å². The molecule has 2 aromatic rings. The fourth-order valence-corrected chi connectivity index (χ4v) is 3.12. The third kappa shape index (κ3) is 5.23. The van der Waals surface area contributed by atoms with Gasteiger partial charge < -0.3 is 4.74 Å². The van der Waals surface area contributed by atoms with Gasteiger partial charge in [-0.05, 0) is 23.8 Å². The van der Waals surface area contributed by atoms with Crippen molar-refractivity contribution in [2.24, 2.45) is 0 Å². The number of nitriles is 1. The maximum Gasteiger partial charge on any atom is 0.285 e. The van der Waals surface area contributed by atoms with Gasteiger partial charge >= 0.3 is 0 Å². The molecule has 26 heavy (non-hydrogen) atoms. The maximum absolute atomic E-state index is 12.1. The summed E-state index contributed by atoms with van der Waals surface area (Å²) in [7, 11) is -2.52. The molecule has 1 amide bonds. The summed E-state index contributed by atoms with van der Waals surface area (Å²) in [6.07, 6.45) is 0. The molecule has 1 heterocycles. The van der Waals surface area contributed by atoms with Crippen LogP contribution in [0.25, 0.3) is 0 Å². The largest absolute Gasteiger partial charge is 0.383 e. The summed E-state index contributed by atoms with van der Waals surface area (Å²) in [6, 6.07) is 10.2. The fraction of sp³-hybridized carbons (Fsp3) is 0.250. The van der Waals surface area contributed by atoms with E-state index in [9.17, 15) is 18.0 Å². The van der Waals surface area contributed by atoms with Gasteiger partial charge in [-0.15, -0.1) is 0 Å². The molecule has 0 aliphatic rings. The Kier molecular flexibility index (Phi) is 6.21. The lowest BCUT2D eigenvalue weighted by atomic mass is 10.2. The lowest BCUT2D eigenvalue weighted by Gasteiger charge is -2.08. The first-order valence-electron chi connectivity index (χ1n) is 7.45. The van der Waals surface area contributed by atoms with Crippen LogP contribution in [0, 0.1) is 11.3 Å². The number of nitrogens with zero attached hydrogens (tertiary/aromatic N) is 3. The Morgan fingerprint density at radius 2 is 1.96 bits per heavy atom. The van der Waals surface area contributed by atoms with E-state index in [0.717, 1.165) is 16.8 Å². The van der Waals surface area contributed by atoms with Gasteiger partial charge in [0.1, 0.15) is 5.69 Å². The molecule has 1 aromatic heterocycles. The normalized spacial score (nSPS) is 10.9. The second-order valence-electron chi connectivity index (χ2n) is 5.27. The molecule has 0 spiro atoms.